The van der Waals surface area contributed by atoms with Crippen molar-refractivity contribution < 1.29 is 23.9 Å². The fourth-order valence-corrected chi connectivity index (χ4v) is 5.37. The van der Waals surface area contributed by atoms with Crippen LogP contribution in [-0.2, 0) is 16.2 Å². The molecule has 196 valence electrons. The highest BCUT2D eigenvalue weighted by Gasteiger charge is 2.36. The number of rotatable bonds is 8. The minimum absolute atomic E-state index is 0.244. The average Bonchev–Trinajstić information content (AvgIpc) is 3.20. The highest BCUT2D eigenvalue weighted by molar-refractivity contribution is 9.10. The van der Waals surface area contributed by atoms with Crippen LogP contribution >= 0.6 is 27.7 Å². The third kappa shape index (κ3) is 6.32. The molecule has 7 nitrogen and oxygen atoms in total. The number of amides is 3. The molecule has 1 heterocycles. The number of fused-ring (bicyclic) bond motifs is 1. The van der Waals surface area contributed by atoms with Gasteiger partial charge >= 0.3 is 0 Å². The van der Waals surface area contributed by atoms with E-state index in [-0.39, 0.29) is 11.4 Å². The second kappa shape index (κ2) is 11.8. The summed E-state index contributed by atoms with van der Waals surface area (Å²) in [6, 6.07) is 26.6. The molecule has 5 rings (SSSR count). The highest BCUT2D eigenvalue weighted by Crippen LogP contribution is 2.34. The molecule has 0 aliphatic carbocycles. The first kappa shape index (κ1) is 26.5. The van der Waals surface area contributed by atoms with Crippen molar-refractivity contribution in [1.29, 1.82) is 0 Å². The van der Waals surface area contributed by atoms with Gasteiger partial charge in [-0.2, -0.15) is 0 Å². The van der Waals surface area contributed by atoms with Gasteiger partial charge in [-0.25, -0.2) is 0 Å². The number of imide groups is 1. The molecule has 0 spiro atoms. The molecule has 0 bridgehead atoms. The Morgan fingerprint density at radius 2 is 1.74 bits per heavy atom. The molecule has 4 aromatic carbocycles. The largest absolute Gasteiger partial charge is 0.497 e. The lowest BCUT2D eigenvalue weighted by atomic mass is 10.1. The lowest BCUT2D eigenvalue weighted by Gasteiger charge is -2.12. The number of carbonyl (C=O) groups excluding carboxylic acids is 3. The van der Waals surface area contributed by atoms with Crippen molar-refractivity contribution in [2.75, 3.05) is 19.0 Å². The van der Waals surface area contributed by atoms with E-state index in [2.05, 4.69) is 45.5 Å². The molecule has 3 amide bonds. The minimum atomic E-state index is -0.511. The summed E-state index contributed by atoms with van der Waals surface area (Å²) >= 11 is 4.34. The Morgan fingerprint density at radius 1 is 0.974 bits per heavy atom. The Balaban J connectivity index is 1.21. The van der Waals surface area contributed by atoms with E-state index in [0.29, 0.717) is 29.4 Å². The second-order valence-corrected chi connectivity index (χ2v) is 10.6. The topological polar surface area (TPSA) is 84.9 Å². The van der Waals surface area contributed by atoms with Crippen LogP contribution in [0.25, 0.3) is 16.8 Å². The molecule has 1 aliphatic heterocycles. The van der Waals surface area contributed by atoms with Crippen molar-refractivity contribution in [3.8, 4) is 11.5 Å². The fraction of sp³-hybridized carbons (Fsp3) is 0.100. The summed E-state index contributed by atoms with van der Waals surface area (Å²) in [6.07, 6.45) is 1.63. The van der Waals surface area contributed by atoms with Crippen molar-refractivity contribution in [1.82, 2.24) is 4.90 Å². The monoisotopic (exact) mass is 602 g/mol. The first-order chi connectivity index (χ1) is 18.9. The lowest BCUT2D eigenvalue weighted by molar-refractivity contribution is -0.127. The maximum atomic E-state index is 12.9. The van der Waals surface area contributed by atoms with Gasteiger partial charge in [0.1, 0.15) is 24.7 Å². The van der Waals surface area contributed by atoms with Crippen LogP contribution in [0.3, 0.4) is 0 Å². The minimum Gasteiger partial charge on any atom is -0.497 e. The van der Waals surface area contributed by atoms with Gasteiger partial charge in [-0.1, -0.05) is 42.5 Å². The number of carbonyl (C=O) groups is 3. The molecule has 1 aliphatic rings. The SMILES string of the molecule is COc1ccc(NC(=O)CN2C(=O)S/C(=C/c3ccc(OCc4ccc5ccccc5c4)c(Br)c3)C2=O)cc1. The zero-order valence-electron chi connectivity index (χ0n) is 20.8. The Labute approximate surface area is 237 Å². The number of benzene rings is 4. The molecule has 0 unspecified atom stereocenters. The molecule has 39 heavy (non-hydrogen) atoms. The van der Waals surface area contributed by atoms with Gasteiger partial charge in [0, 0.05) is 5.69 Å². The van der Waals surface area contributed by atoms with Gasteiger partial charge in [0.25, 0.3) is 11.1 Å². The van der Waals surface area contributed by atoms with Crippen LogP contribution in [-0.4, -0.2) is 35.6 Å². The van der Waals surface area contributed by atoms with Crippen molar-refractivity contribution in [3.05, 3.63) is 105 Å². The molecule has 0 aromatic heterocycles. The first-order valence-corrected chi connectivity index (χ1v) is 13.6. The number of nitrogens with one attached hydrogen (secondary N) is 1. The van der Waals surface area contributed by atoms with Gasteiger partial charge in [-0.3, -0.25) is 19.3 Å². The molecule has 4 aromatic rings. The molecular formula is C30H23BrN2O5S. The van der Waals surface area contributed by atoms with Crippen molar-refractivity contribution in [3.63, 3.8) is 0 Å². The van der Waals surface area contributed by atoms with Gasteiger partial charge < -0.3 is 14.8 Å². The summed E-state index contributed by atoms with van der Waals surface area (Å²) in [5.41, 5.74) is 2.30. The highest BCUT2D eigenvalue weighted by atomic mass is 79.9. The predicted octanol–water partition coefficient (Wildman–Crippen LogP) is 6.86. The number of nitrogens with zero attached hydrogens (tertiary/aromatic N) is 1. The van der Waals surface area contributed by atoms with E-state index in [1.54, 1.807) is 37.5 Å². The summed E-state index contributed by atoms with van der Waals surface area (Å²) in [5, 5.41) is 4.52. The van der Waals surface area contributed by atoms with Crippen LogP contribution in [0.15, 0.2) is 94.3 Å². The zero-order valence-corrected chi connectivity index (χ0v) is 23.3. The Kier molecular flexibility index (Phi) is 7.99. The number of anilines is 1. The number of ether oxygens (including phenoxy) is 2. The maximum absolute atomic E-state index is 12.9. The number of thioether (sulfide) groups is 1. The quantitative estimate of drug-likeness (QED) is 0.222. The summed E-state index contributed by atoms with van der Waals surface area (Å²) in [4.78, 5) is 39.0. The zero-order chi connectivity index (χ0) is 27.4. The number of methoxy groups -OCH3 is 1. The van der Waals surface area contributed by atoms with E-state index in [9.17, 15) is 14.4 Å². The van der Waals surface area contributed by atoms with Crippen LogP contribution in [0.5, 0.6) is 11.5 Å². The summed E-state index contributed by atoms with van der Waals surface area (Å²) in [7, 11) is 1.55. The number of hydrogen-bond acceptors (Lipinski definition) is 6. The number of hydrogen-bond donors (Lipinski definition) is 1. The van der Waals surface area contributed by atoms with Gasteiger partial charge in [-0.05, 0) is 98.1 Å². The van der Waals surface area contributed by atoms with Gasteiger partial charge in [0.15, 0.2) is 0 Å². The van der Waals surface area contributed by atoms with E-state index in [0.717, 1.165) is 32.1 Å². The normalized spacial score (nSPS) is 14.2. The van der Waals surface area contributed by atoms with Gasteiger partial charge in [0.05, 0.1) is 16.5 Å². The summed E-state index contributed by atoms with van der Waals surface area (Å²) in [6.45, 7) is 0.0273. The number of halogens is 1. The third-order valence-corrected chi connectivity index (χ3v) is 7.54. The van der Waals surface area contributed by atoms with Crippen molar-refractivity contribution in [2.24, 2.45) is 0 Å². The van der Waals surface area contributed by atoms with Gasteiger partial charge in [-0.15, -0.1) is 0 Å². The van der Waals surface area contributed by atoms with Crippen molar-refractivity contribution >= 4 is 67.3 Å². The smallest absolute Gasteiger partial charge is 0.294 e. The van der Waals surface area contributed by atoms with E-state index < -0.39 is 17.1 Å². The van der Waals surface area contributed by atoms with Crippen LogP contribution in [0, 0.1) is 0 Å². The van der Waals surface area contributed by atoms with E-state index in [1.165, 1.54) is 5.39 Å². The standard InChI is InChI=1S/C30H23BrN2O5S/c1-37-24-11-9-23(10-12-24)32-28(34)17-33-29(35)27(39-30(33)36)16-19-7-13-26(25(31)15-19)38-18-20-6-8-21-4-2-3-5-22(21)14-20/h2-16H,17-18H2,1H3,(H,32,34)/b27-16+. The molecule has 1 saturated heterocycles. The molecule has 0 saturated carbocycles. The van der Waals surface area contributed by atoms with Crippen LogP contribution in [0.2, 0.25) is 0 Å². The fourth-order valence-electron chi connectivity index (χ4n) is 4.02. The lowest BCUT2D eigenvalue weighted by Crippen LogP contribution is -2.36. The molecular weight excluding hydrogens is 580 g/mol. The predicted molar refractivity (Wildman–Crippen MR) is 157 cm³/mol. The third-order valence-electron chi connectivity index (χ3n) is 6.01. The molecule has 0 radical (unpaired) electrons. The van der Waals surface area contributed by atoms with E-state index >= 15 is 0 Å². The van der Waals surface area contributed by atoms with Crippen LogP contribution in [0.4, 0.5) is 10.5 Å². The molecule has 0 atom stereocenters. The summed E-state index contributed by atoms with van der Waals surface area (Å²) < 4.78 is 11.8. The van der Waals surface area contributed by atoms with Crippen molar-refractivity contribution in [2.45, 2.75) is 6.61 Å². The first-order valence-electron chi connectivity index (χ1n) is 12.0. The Hall–Kier alpha value is -4.08. The summed E-state index contributed by atoms with van der Waals surface area (Å²) in [5.74, 6) is 0.325. The Morgan fingerprint density at radius 3 is 2.49 bits per heavy atom. The molecule has 1 N–H and O–H groups in total. The van der Waals surface area contributed by atoms with E-state index in [1.807, 2.05) is 36.4 Å². The van der Waals surface area contributed by atoms with Crippen LogP contribution in [0.1, 0.15) is 11.1 Å². The molecule has 9 heteroatoms. The maximum Gasteiger partial charge on any atom is 0.294 e. The average molecular weight is 603 g/mol. The molecule has 1 fully saturated rings. The van der Waals surface area contributed by atoms with Gasteiger partial charge in [0.2, 0.25) is 5.91 Å². The van der Waals surface area contributed by atoms with E-state index in [4.69, 9.17) is 9.47 Å². The second-order valence-electron chi connectivity index (χ2n) is 8.70. The Bertz CT molecular complexity index is 1600. The van der Waals surface area contributed by atoms with Crippen LogP contribution < -0.4 is 14.8 Å².